The lowest BCUT2D eigenvalue weighted by Crippen LogP contribution is -2.48. The van der Waals surface area contributed by atoms with E-state index in [2.05, 4.69) is 22.2 Å². The second kappa shape index (κ2) is 7.74. The molecule has 1 aliphatic rings. The van der Waals surface area contributed by atoms with Gasteiger partial charge < -0.3 is 15.1 Å². The number of piperazine rings is 1. The molecule has 2 heterocycles. The third kappa shape index (κ3) is 4.12. The van der Waals surface area contributed by atoms with Crippen molar-refractivity contribution in [1.29, 1.82) is 0 Å². The predicted octanol–water partition coefficient (Wildman–Crippen LogP) is 1.70. The first-order chi connectivity index (χ1) is 12.2. The van der Waals surface area contributed by atoms with Crippen molar-refractivity contribution < 1.29 is 9.59 Å². The van der Waals surface area contributed by atoms with Crippen LogP contribution in [0, 0.1) is 0 Å². The molecule has 0 unspecified atom stereocenters. The second-order valence-corrected chi connectivity index (χ2v) is 5.87. The van der Waals surface area contributed by atoms with Crippen LogP contribution in [0.3, 0.4) is 0 Å². The van der Waals surface area contributed by atoms with Gasteiger partial charge >= 0.3 is 0 Å². The van der Waals surface area contributed by atoms with Crippen LogP contribution >= 0.6 is 0 Å². The lowest BCUT2D eigenvalue weighted by molar-refractivity contribution is -0.119. The van der Waals surface area contributed by atoms with Crippen molar-refractivity contribution in [2.75, 3.05) is 31.5 Å². The molecule has 1 fully saturated rings. The van der Waals surface area contributed by atoms with E-state index in [0.717, 1.165) is 18.5 Å². The summed E-state index contributed by atoms with van der Waals surface area (Å²) in [7, 11) is 0. The lowest BCUT2D eigenvalue weighted by atomic mass is 10.1. The molecule has 1 aromatic heterocycles. The van der Waals surface area contributed by atoms with Crippen LogP contribution in [-0.4, -0.2) is 58.3 Å². The lowest BCUT2D eigenvalue weighted by Gasteiger charge is -2.32. The number of amides is 2. The highest BCUT2D eigenvalue weighted by Crippen LogP contribution is 2.15. The molecule has 0 spiro atoms. The Hall–Kier alpha value is -2.96. The van der Waals surface area contributed by atoms with E-state index in [1.165, 1.54) is 5.56 Å². The number of aromatic nitrogens is 2. The maximum Gasteiger partial charge on any atom is 0.272 e. The van der Waals surface area contributed by atoms with Gasteiger partial charge in [0.1, 0.15) is 5.69 Å². The molecule has 0 saturated carbocycles. The van der Waals surface area contributed by atoms with E-state index in [0.29, 0.717) is 37.8 Å². The van der Waals surface area contributed by atoms with Gasteiger partial charge in [0, 0.05) is 38.1 Å². The summed E-state index contributed by atoms with van der Waals surface area (Å²) in [5.41, 5.74) is 2.48. The largest absolute Gasteiger partial charge is 0.342 e. The standard InChI is InChI=1S/C18H21N5O2/c1-2-14-3-5-15(6-4-14)20-18-19-8-7-16(21-18)17(25)23-11-9-22(13-24)10-12-23/h3-8,13H,2,9-12H2,1H3,(H,19,20,21). The summed E-state index contributed by atoms with van der Waals surface area (Å²) in [6.07, 6.45) is 3.38. The number of aryl methyl sites for hydroxylation is 1. The SMILES string of the molecule is CCc1ccc(Nc2nccc(C(=O)N3CCN(C=O)CC3)n2)cc1. The summed E-state index contributed by atoms with van der Waals surface area (Å²) in [5, 5.41) is 3.12. The van der Waals surface area contributed by atoms with Gasteiger partial charge in [0.2, 0.25) is 12.4 Å². The van der Waals surface area contributed by atoms with Gasteiger partial charge in [0.15, 0.2) is 0 Å². The van der Waals surface area contributed by atoms with Crippen LogP contribution in [0.1, 0.15) is 23.0 Å². The van der Waals surface area contributed by atoms with Gasteiger partial charge in [-0.1, -0.05) is 19.1 Å². The summed E-state index contributed by atoms with van der Waals surface area (Å²) in [6.45, 7) is 4.24. The van der Waals surface area contributed by atoms with Crippen molar-refractivity contribution >= 4 is 24.0 Å². The summed E-state index contributed by atoms with van der Waals surface area (Å²) < 4.78 is 0. The third-order valence-corrected chi connectivity index (χ3v) is 4.24. The van der Waals surface area contributed by atoms with Gasteiger partial charge in [-0.15, -0.1) is 0 Å². The van der Waals surface area contributed by atoms with Gasteiger partial charge in [0.25, 0.3) is 5.91 Å². The maximum absolute atomic E-state index is 12.6. The van der Waals surface area contributed by atoms with Gasteiger partial charge in [0.05, 0.1) is 0 Å². The normalized spacial score (nSPS) is 14.3. The van der Waals surface area contributed by atoms with Crippen molar-refractivity contribution in [3.63, 3.8) is 0 Å². The molecule has 1 N–H and O–H groups in total. The molecule has 7 nitrogen and oxygen atoms in total. The molecule has 1 aromatic carbocycles. The molecule has 0 atom stereocenters. The average molecular weight is 339 g/mol. The first-order valence-corrected chi connectivity index (χ1v) is 8.37. The number of hydrogen-bond donors (Lipinski definition) is 1. The quantitative estimate of drug-likeness (QED) is 0.839. The number of benzene rings is 1. The van der Waals surface area contributed by atoms with Crippen molar-refractivity contribution in [1.82, 2.24) is 19.8 Å². The Morgan fingerprint density at radius 3 is 2.52 bits per heavy atom. The molecule has 3 rings (SSSR count). The summed E-state index contributed by atoms with van der Waals surface area (Å²) in [4.78, 5) is 35.2. The van der Waals surface area contributed by atoms with Gasteiger partial charge in [-0.3, -0.25) is 9.59 Å². The number of anilines is 2. The van der Waals surface area contributed by atoms with Crippen LogP contribution in [0.5, 0.6) is 0 Å². The van der Waals surface area contributed by atoms with Gasteiger partial charge in [-0.05, 0) is 30.2 Å². The number of carbonyl (C=O) groups is 2. The van der Waals surface area contributed by atoms with E-state index in [9.17, 15) is 9.59 Å². The van der Waals surface area contributed by atoms with Gasteiger partial charge in [-0.25, -0.2) is 9.97 Å². The molecule has 130 valence electrons. The molecule has 7 heteroatoms. The molecular formula is C18H21N5O2. The van der Waals surface area contributed by atoms with E-state index in [4.69, 9.17) is 0 Å². The van der Waals surface area contributed by atoms with Crippen LogP contribution in [0.15, 0.2) is 36.5 Å². The van der Waals surface area contributed by atoms with Crippen LogP contribution in [0.2, 0.25) is 0 Å². The Kier molecular flexibility index (Phi) is 5.23. The minimum Gasteiger partial charge on any atom is -0.342 e. The third-order valence-electron chi connectivity index (χ3n) is 4.24. The first kappa shape index (κ1) is 16.9. The molecule has 1 aliphatic heterocycles. The second-order valence-electron chi connectivity index (χ2n) is 5.87. The molecule has 0 radical (unpaired) electrons. The van der Waals surface area contributed by atoms with E-state index in [1.807, 2.05) is 24.3 Å². The fourth-order valence-electron chi connectivity index (χ4n) is 2.68. The smallest absolute Gasteiger partial charge is 0.272 e. The number of nitrogens with zero attached hydrogens (tertiary/aromatic N) is 4. The minimum atomic E-state index is -0.141. The van der Waals surface area contributed by atoms with Crippen molar-refractivity contribution in [3.8, 4) is 0 Å². The zero-order valence-corrected chi connectivity index (χ0v) is 14.2. The van der Waals surface area contributed by atoms with Crippen LogP contribution in [0.25, 0.3) is 0 Å². The molecule has 0 bridgehead atoms. The van der Waals surface area contributed by atoms with Crippen molar-refractivity contribution in [2.45, 2.75) is 13.3 Å². The predicted molar refractivity (Wildman–Crippen MR) is 94.7 cm³/mol. The molecule has 1 saturated heterocycles. The van der Waals surface area contributed by atoms with E-state index >= 15 is 0 Å². The Labute approximate surface area is 146 Å². The monoisotopic (exact) mass is 339 g/mol. The number of nitrogens with one attached hydrogen (secondary N) is 1. The Morgan fingerprint density at radius 2 is 1.88 bits per heavy atom. The fraction of sp³-hybridized carbons (Fsp3) is 0.333. The Balaban J connectivity index is 1.68. The molecule has 25 heavy (non-hydrogen) atoms. The fourth-order valence-corrected chi connectivity index (χ4v) is 2.68. The van der Waals surface area contributed by atoms with Gasteiger partial charge in [-0.2, -0.15) is 0 Å². The zero-order chi connectivity index (χ0) is 17.6. The highest BCUT2D eigenvalue weighted by atomic mass is 16.2. The minimum absolute atomic E-state index is 0.141. The van der Waals surface area contributed by atoms with Crippen molar-refractivity contribution in [3.05, 3.63) is 47.8 Å². The van der Waals surface area contributed by atoms with Crippen LogP contribution in [0.4, 0.5) is 11.6 Å². The number of carbonyl (C=O) groups excluding carboxylic acids is 2. The highest BCUT2D eigenvalue weighted by Gasteiger charge is 2.22. The Morgan fingerprint density at radius 1 is 1.16 bits per heavy atom. The molecule has 0 aliphatic carbocycles. The number of hydrogen-bond acceptors (Lipinski definition) is 5. The zero-order valence-electron chi connectivity index (χ0n) is 14.2. The maximum atomic E-state index is 12.6. The summed E-state index contributed by atoms with van der Waals surface area (Å²) in [6, 6.07) is 9.64. The van der Waals surface area contributed by atoms with E-state index in [-0.39, 0.29) is 5.91 Å². The number of rotatable bonds is 5. The van der Waals surface area contributed by atoms with E-state index < -0.39 is 0 Å². The topological polar surface area (TPSA) is 78.4 Å². The summed E-state index contributed by atoms with van der Waals surface area (Å²) in [5.74, 6) is 0.249. The molecule has 2 aromatic rings. The highest BCUT2D eigenvalue weighted by molar-refractivity contribution is 5.92. The van der Waals surface area contributed by atoms with Crippen LogP contribution in [-0.2, 0) is 11.2 Å². The van der Waals surface area contributed by atoms with Crippen molar-refractivity contribution in [2.24, 2.45) is 0 Å². The summed E-state index contributed by atoms with van der Waals surface area (Å²) >= 11 is 0. The molecule has 2 amide bonds. The van der Waals surface area contributed by atoms with Crippen LogP contribution < -0.4 is 5.32 Å². The first-order valence-electron chi connectivity index (χ1n) is 8.37. The Bertz CT molecular complexity index is 739. The average Bonchev–Trinajstić information content (AvgIpc) is 2.68. The van der Waals surface area contributed by atoms with E-state index in [1.54, 1.807) is 22.1 Å². The molecular weight excluding hydrogens is 318 g/mol.